The molecule has 1 fully saturated rings. The molecule has 1 aliphatic rings. The highest BCUT2D eigenvalue weighted by molar-refractivity contribution is 9.10. The first-order chi connectivity index (χ1) is 12.5. The molecule has 7 nitrogen and oxygen atoms in total. The van der Waals surface area contributed by atoms with E-state index in [-0.39, 0.29) is 23.8 Å². The minimum Gasteiger partial charge on any atom is -0.345 e. The van der Waals surface area contributed by atoms with Crippen molar-refractivity contribution in [3.63, 3.8) is 0 Å². The number of hydrogen-bond donors (Lipinski definition) is 1. The van der Waals surface area contributed by atoms with Crippen LogP contribution in [-0.4, -0.2) is 56.9 Å². The lowest BCUT2D eigenvalue weighted by Crippen LogP contribution is -2.49. The maximum atomic E-state index is 12.3. The number of sulfonamides is 1. The number of halogens is 1. The quantitative estimate of drug-likeness (QED) is 0.714. The van der Waals surface area contributed by atoms with Crippen molar-refractivity contribution in [2.24, 2.45) is 0 Å². The molecule has 0 unspecified atom stereocenters. The molecule has 1 aromatic heterocycles. The standard InChI is InChI=1S/C16H19BrN4O3S2/c17-13-1-3-14(4-2-13)26(23,24)19-6-5-15(22)20-8-10-21(11-9-20)16-18-7-12-25-16/h1-4,7,12,19H,5-6,8-11H2. The van der Waals surface area contributed by atoms with E-state index in [1.54, 1.807) is 34.6 Å². The van der Waals surface area contributed by atoms with Crippen LogP contribution in [0.2, 0.25) is 0 Å². The zero-order valence-electron chi connectivity index (χ0n) is 14.0. The molecule has 26 heavy (non-hydrogen) atoms. The molecule has 1 N–H and O–H groups in total. The topological polar surface area (TPSA) is 82.6 Å². The molecule has 0 saturated carbocycles. The first kappa shape index (κ1) is 19.3. The summed E-state index contributed by atoms with van der Waals surface area (Å²) in [5.41, 5.74) is 0. The van der Waals surface area contributed by atoms with Gasteiger partial charge in [-0.1, -0.05) is 15.9 Å². The van der Waals surface area contributed by atoms with Crippen LogP contribution in [0.1, 0.15) is 6.42 Å². The van der Waals surface area contributed by atoms with Crippen LogP contribution in [-0.2, 0) is 14.8 Å². The molecule has 0 spiro atoms. The fourth-order valence-electron chi connectivity index (χ4n) is 2.67. The van der Waals surface area contributed by atoms with Gasteiger partial charge in [-0.2, -0.15) is 0 Å². The third kappa shape index (κ3) is 4.81. The summed E-state index contributed by atoms with van der Waals surface area (Å²) in [6.45, 7) is 2.81. The molecule has 1 aromatic carbocycles. The number of carbonyl (C=O) groups is 1. The van der Waals surface area contributed by atoms with Gasteiger partial charge in [0.2, 0.25) is 15.9 Å². The van der Waals surface area contributed by atoms with Gasteiger partial charge in [0.05, 0.1) is 4.90 Å². The third-order valence-corrected chi connectivity index (χ3v) is 6.91. The van der Waals surface area contributed by atoms with E-state index in [4.69, 9.17) is 0 Å². The van der Waals surface area contributed by atoms with E-state index in [1.165, 1.54) is 12.1 Å². The Kier molecular flexibility index (Phi) is 6.28. The van der Waals surface area contributed by atoms with Crippen molar-refractivity contribution in [3.05, 3.63) is 40.3 Å². The van der Waals surface area contributed by atoms with Crippen LogP contribution in [0.25, 0.3) is 0 Å². The van der Waals surface area contributed by atoms with Gasteiger partial charge in [-0.05, 0) is 24.3 Å². The highest BCUT2D eigenvalue weighted by Crippen LogP contribution is 2.19. The molecular formula is C16H19BrN4O3S2. The Morgan fingerprint density at radius 3 is 2.50 bits per heavy atom. The van der Waals surface area contributed by atoms with Crippen LogP contribution in [0.4, 0.5) is 5.13 Å². The Labute approximate surface area is 165 Å². The number of nitrogens with zero attached hydrogens (tertiary/aromatic N) is 3. The minimum absolute atomic E-state index is 0.0395. The number of piperazine rings is 1. The number of benzene rings is 1. The van der Waals surface area contributed by atoms with Crippen molar-refractivity contribution in [1.82, 2.24) is 14.6 Å². The number of rotatable bonds is 6. The molecule has 0 atom stereocenters. The second kappa shape index (κ2) is 8.47. The molecular weight excluding hydrogens is 440 g/mol. The molecule has 2 aromatic rings. The van der Waals surface area contributed by atoms with E-state index in [0.717, 1.165) is 22.7 Å². The van der Waals surface area contributed by atoms with Gasteiger partial charge in [-0.15, -0.1) is 11.3 Å². The van der Waals surface area contributed by atoms with E-state index in [9.17, 15) is 13.2 Å². The number of amides is 1. The summed E-state index contributed by atoms with van der Waals surface area (Å²) in [5, 5.41) is 2.91. The van der Waals surface area contributed by atoms with Gasteiger partial charge in [-0.25, -0.2) is 18.1 Å². The van der Waals surface area contributed by atoms with Crippen LogP contribution in [0.15, 0.2) is 45.2 Å². The largest absolute Gasteiger partial charge is 0.345 e. The van der Waals surface area contributed by atoms with Crippen molar-refractivity contribution < 1.29 is 13.2 Å². The summed E-state index contributed by atoms with van der Waals surface area (Å²) in [6, 6.07) is 6.38. The third-order valence-electron chi connectivity index (χ3n) is 4.08. The molecule has 0 bridgehead atoms. The van der Waals surface area contributed by atoms with E-state index < -0.39 is 10.0 Å². The first-order valence-electron chi connectivity index (χ1n) is 8.13. The van der Waals surface area contributed by atoms with Crippen LogP contribution in [0.5, 0.6) is 0 Å². The van der Waals surface area contributed by atoms with E-state index >= 15 is 0 Å². The van der Waals surface area contributed by atoms with Gasteiger partial charge in [0.15, 0.2) is 5.13 Å². The first-order valence-corrected chi connectivity index (χ1v) is 11.3. The predicted molar refractivity (Wildman–Crippen MR) is 105 cm³/mol. The number of aromatic nitrogens is 1. The summed E-state index contributed by atoms with van der Waals surface area (Å²) < 4.78 is 27.7. The molecule has 10 heteroatoms. The maximum absolute atomic E-state index is 12.3. The number of nitrogens with one attached hydrogen (secondary N) is 1. The Hall–Kier alpha value is -1.49. The molecule has 1 amide bonds. The van der Waals surface area contributed by atoms with Crippen molar-refractivity contribution in [3.8, 4) is 0 Å². The zero-order chi connectivity index (χ0) is 18.6. The number of thiazole rings is 1. The summed E-state index contributed by atoms with van der Waals surface area (Å²) >= 11 is 4.86. The normalized spacial score (nSPS) is 15.3. The molecule has 0 aliphatic carbocycles. The van der Waals surface area contributed by atoms with E-state index in [1.807, 2.05) is 5.38 Å². The lowest BCUT2D eigenvalue weighted by molar-refractivity contribution is -0.131. The Bertz CT molecular complexity index is 833. The average molecular weight is 459 g/mol. The monoisotopic (exact) mass is 458 g/mol. The lowest BCUT2D eigenvalue weighted by atomic mass is 10.3. The lowest BCUT2D eigenvalue weighted by Gasteiger charge is -2.34. The highest BCUT2D eigenvalue weighted by Gasteiger charge is 2.22. The number of anilines is 1. The number of hydrogen-bond acceptors (Lipinski definition) is 6. The Balaban J connectivity index is 1.45. The smallest absolute Gasteiger partial charge is 0.240 e. The van der Waals surface area contributed by atoms with Gasteiger partial charge in [0, 0.05) is 55.2 Å². The summed E-state index contributed by atoms with van der Waals surface area (Å²) in [6.07, 6.45) is 1.92. The van der Waals surface area contributed by atoms with Crippen molar-refractivity contribution >= 4 is 48.3 Å². The molecule has 1 aliphatic heterocycles. The van der Waals surface area contributed by atoms with Crippen LogP contribution in [0, 0.1) is 0 Å². The molecule has 2 heterocycles. The Morgan fingerprint density at radius 2 is 1.88 bits per heavy atom. The van der Waals surface area contributed by atoms with Crippen molar-refractivity contribution in [1.29, 1.82) is 0 Å². The van der Waals surface area contributed by atoms with Crippen LogP contribution >= 0.6 is 27.3 Å². The maximum Gasteiger partial charge on any atom is 0.240 e. The fourth-order valence-corrected chi connectivity index (χ4v) is 4.66. The molecule has 140 valence electrons. The van der Waals surface area contributed by atoms with Crippen LogP contribution in [0.3, 0.4) is 0 Å². The second-order valence-electron chi connectivity index (χ2n) is 5.78. The number of carbonyl (C=O) groups excluding carboxylic acids is 1. The predicted octanol–water partition coefficient (Wildman–Crippen LogP) is 1.92. The average Bonchev–Trinajstić information content (AvgIpc) is 3.17. The molecule has 0 radical (unpaired) electrons. The van der Waals surface area contributed by atoms with E-state index in [0.29, 0.717) is 13.1 Å². The second-order valence-corrected chi connectivity index (χ2v) is 9.34. The van der Waals surface area contributed by atoms with Gasteiger partial charge >= 0.3 is 0 Å². The van der Waals surface area contributed by atoms with Crippen molar-refractivity contribution in [2.45, 2.75) is 11.3 Å². The van der Waals surface area contributed by atoms with Gasteiger partial charge in [-0.3, -0.25) is 4.79 Å². The summed E-state index contributed by atoms with van der Waals surface area (Å²) in [4.78, 5) is 20.7. The SMILES string of the molecule is O=C(CCNS(=O)(=O)c1ccc(Br)cc1)N1CCN(c2nccs2)CC1. The van der Waals surface area contributed by atoms with Gasteiger partial charge in [0.1, 0.15) is 0 Å². The highest BCUT2D eigenvalue weighted by atomic mass is 79.9. The summed E-state index contributed by atoms with van der Waals surface area (Å²) in [5.74, 6) is -0.0395. The molecule has 3 rings (SSSR count). The van der Waals surface area contributed by atoms with Crippen LogP contribution < -0.4 is 9.62 Å². The zero-order valence-corrected chi connectivity index (χ0v) is 17.2. The van der Waals surface area contributed by atoms with Gasteiger partial charge < -0.3 is 9.80 Å². The van der Waals surface area contributed by atoms with Crippen molar-refractivity contribution in [2.75, 3.05) is 37.6 Å². The summed E-state index contributed by atoms with van der Waals surface area (Å²) in [7, 11) is -3.60. The minimum atomic E-state index is -3.60. The molecule has 1 saturated heterocycles. The van der Waals surface area contributed by atoms with E-state index in [2.05, 4.69) is 30.5 Å². The Morgan fingerprint density at radius 1 is 1.19 bits per heavy atom. The fraction of sp³-hybridized carbons (Fsp3) is 0.375. The van der Waals surface area contributed by atoms with Gasteiger partial charge in [0.25, 0.3) is 0 Å².